The van der Waals surface area contributed by atoms with Crippen LogP contribution < -0.4 is 5.32 Å². The number of hydrogen-bond acceptors (Lipinski definition) is 2. The van der Waals surface area contributed by atoms with Crippen LogP contribution in [0.4, 0.5) is 5.69 Å². The molecular formula is C17H23ClN2. The molecule has 1 N–H and O–H groups in total. The average Bonchev–Trinajstić information content (AvgIpc) is 2.22. The number of pyridine rings is 1. The third-order valence-electron chi connectivity index (χ3n) is 5.76. The quantitative estimate of drug-likeness (QED) is 0.784. The van der Waals surface area contributed by atoms with Gasteiger partial charge in [-0.25, -0.2) is 4.98 Å². The van der Waals surface area contributed by atoms with Crippen molar-refractivity contribution in [2.75, 3.05) is 5.32 Å². The van der Waals surface area contributed by atoms with E-state index in [-0.39, 0.29) is 5.54 Å². The highest BCUT2D eigenvalue weighted by molar-refractivity contribution is 6.29. The first-order valence-electron chi connectivity index (χ1n) is 7.78. The van der Waals surface area contributed by atoms with Crippen molar-refractivity contribution >= 4 is 17.3 Å². The summed E-state index contributed by atoms with van der Waals surface area (Å²) in [7, 11) is 0. The van der Waals surface area contributed by atoms with Crippen LogP contribution in [0, 0.1) is 16.7 Å². The van der Waals surface area contributed by atoms with Crippen LogP contribution in [0.2, 0.25) is 5.15 Å². The fourth-order valence-corrected chi connectivity index (χ4v) is 6.55. The molecule has 5 rings (SSSR count). The Labute approximate surface area is 126 Å². The average molecular weight is 291 g/mol. The molecular weight excluding hydrogens is 268 g/mol. The van der Waals surface area contributed by atoms with Crippen molar-refractivity contribution in [1.82, 2.24) is 4.98 Å². The molecule has 3 heteroatoms. The van der Waals surface area contributed by atoms with E-state index in [1.165, 1.54) is 38.5 Å². The largest absolute Gasteiger partial charge is 0.379 e. The van der Waals surface area contributed by atoms with Gasteiger partial charge >= 0.3 is 0 Å². The lowest BCUT2D eigenvalue weighted by Gasteiger charge is -2.65. The first-order valence-corrected chi connectivity index (χ1v) is 8.15. The fourth-order valence-electron chi connectivity index (χ4n) is 6.37. The van der Waals surface area contributed by atoms with Crippen LogP contribution >= 0.6 is 11.6 Å². The van der Waals surface area contributed by atoms with E-state index in [0.29, 0.717) is 16.0 Å². The highest BCUT2D eigenvalue weighted by Gasteiger charge is 2.60. The van der Waals surface area contributed by atoms with Crippen molar-refractivity contribution in [1.29, 1.82) is 0 Å². The molecule has 4 aliphatic rings. The van der Waals surface area contributed by atoms with E-state index >= 15 is 0 Å². The van der Waals surface area contributed by atoms with E-state index in [9.17, 15) is 0 Å². The zero-order chi connectivity index (χ0) is 14.0. The van der Waals surface area contributed by atoms with Gasteiger partial charge in [0.05, 0.1) is 0 Å². The molecule has 4 saturated carbocycles. The Kier molecular flexibility index (Phi) is 2.53. The maximum atomic E-state index is 6.03. The van der Waals surface area contributed by atoms with Gasteiger partial charge in [0.25, 0.3) is 0 Å². The summed E-state index contributed by atoms with van der Waals surface area (Å²) in [5.74, 6) is 0.908. The maximum absolute atomic E-state index is 6.03. The maximum Gasteiger partial charge on any atom is 0.131 e. The van der Waals surface area contributed by atoms with Gasteiger partial charge in [0.2, 0.25) is 0 Å². The lowest BCUT2D eigenvalue weighted by atomic mass is 9.43. The summed E-state index contributed by atoms with van der Waals surface area (Å²) in [5, 5.41) is 4.43. The van der Waals surface area contributed by atoms with Crippen molar-refractivity contribution in [2.45, 2.75) is 57.9 Å². The molecule has 0 radical (unpaired) electrons. The minimum Gasteiger partial charge on any atom is -0.379 e. The third kappa shape index (κ3) is 2.04. The first-order chi connectivity index (χ1) is 9.38. The van der Waals surface area contributed by atoms with Crippen molar-refractivity contribution in [3.05, 3.63) is 23.5 Å². The van der Waals surface area contributed by atoms with E-state index in [2.05, 4.69) is 30.2 Å². The molecule has 0 spiro atoms. The van der Waals surface area contributed by atoms with E-state index in [0.717, 1.165) is 11.6 Å². The van der Waals surface area contributed by atoms with Crippen molar-refractivity contribution in [3.8, 4) is 0 Å². The Bertz CT molecular complexity index is 538. The summed E-state index contributed by atoms with van der Waals surface area (Å²) in [6.07, 6.45) is 10.0. The SMILES string of the molecule is CC12CC3CC(C)(C1)CC(Nc1ccnc(Cl)c1)(C3)C2. The molecule has 0 aromatic carbocycles. The van der Waals surface area contributed by atoms with Crippen LogP contribution in [0.25, 0.3) is 0 Å². The molecule has 1 aromatic heterocycles. The van der Waals surface area contributed by atoms with Gasteiger partial charge in [-0.05, 0) is 67.4 Å². The number of hydrogen-bond donors (Lipinski definition) is 1. The lowest BCUT2D eigenvalue weighted by Crippen LogP contribution is -2.61. The van der Waals surface area contributed by atoms with E-state index < -0.39 is 0 Å². The Morgan fingerprint density at radius 2 is 1.85 bits per heavy atom. The number of anilines is 1. The molecule has 2 unspecified atom stereocenters. The van der Waals surface area contributed by atoms with E-state index in [4.69, 9.17) is 11.6 Å². The highest BCUT2D eigenvalue weighted by Crippen LogP contribution is 2.66. The zero-order valence-corrected chi connectivity index (χ0v) is 13.1. The highest BCUT2D eigenvalue weighted by atomic mass is 35.5. The molecule has 0 saturated heterocycles. The van der Waals surface area contributed by atoms with Crippen LogP contribution in [0.3, 0.4) is 0 Å². The molecule has 1 aromatic rings. The van der Waals surface area contributed by atoms with Crippen molar-refractivity contribution < 1.29 is 0 Å². The van der Waals surface area contributed by atoms with Crippen LogP contribution in [-0.4, -0.2) is 10.5 Å². The molecule has 1 heterocycles. The second kappa shape index (κ2) is 3.91. The molecule has 4 bridgehead atoms. The summed E-state index contributed by atoms with van der Waals surface area (Å²) in [5.41, 5.74) is 2.50. The Morgan fingerprint density at radius 1 is 1.15 bits per heavy atom. The minimum atomic E-state index is 0.285. The Morgan fingerprint density at radius 3 is 2.45 bits per heavy atom. The first kappa shape index (κ1) is 12.9. The van der Waals surface area contributed by atoms with Crippen molar-refractivity contribution in [2.24, 2.45) is 16.7 Å². The van der Waals surface area contributed by atoms with Crippen LogP contribution in [0.5, 0.6) is 0 Å². The van der Waals surface area contributed by atoms with Gasteiger partial charge in [-0.15, -0.1) is 0 Å². The predicted molar refractivity (Wildman–Crippen MR) is 83.0 cm³/mol. The zero-order valence-electron chi connectivity index (χ0n) is 12.4. The summed E-state index contributed by atoms with van der Waals surface area (Å²) < 4.78 is 0. The molecule has 0 aliphatic heterocycles. The third-order valence-corrected chi connectivity index (χ3v) is 5.97. The van der Waals surface area contributed by atoms with Gasteiger partial charge in [0.1, 0.15) is 5.15 Å². The van der Waals surface area contributed by atoms with E-state index in [1.54, 1.807) is 6.20 Å². The fraction of sp³-hybridized carbons (Fsp3) is 0.706. The van der Waals surface area contributed by atoms with Gasteiger partial charge in [-0.2, -0.15) is 0 Å². The van der Waals surface area contributed by atoms with Gasteiger partial charge in [-0.3, -0.25) is 0 Å². The number of halogens is 1. The molecule has 20 heavy (non-hydrogen) atoms. The topological polar surface area (TPSA) is 24.9 Å². The normalized spacial score (nSPS) is 45.6. The smallest absolute Gasteiger partial charge is 0.131 e. The van der Waals surface area contributed by atoms with Gasteiger partial charge in [-0.1, -0.05) is 25.4 Å². The number of nitrogens with zero attached hydrogens (tertiary/aromatic N) is 1. The van der Waals surface area contributed by atoms with Gasteiger partial charge < -0.3 is 5.32 Å². The van der Waals surface area contributed by atoms with Gasteiger partial charge in [0.15, 0.2) is 0 Å². The molecule has 2 nitrogen and oxygen atoms in total. The Balaban J connectivity index is 1.67. The van der Waals surface area contributed by atoms with Crippen LogP contribution in [-0.2, 0) is 0 Å². The number of rotatable bonds is 2. The molecule has 4 aliphatic carbocycles. The van der Waals surface area contributed by atoms with Crippen LogP contribution in [0.15, 0.2) is 18.3 Å². The lowest BCUT2D eigenvalue weighted by molar-refractivity contribution is -0.0972. The van der Waals surface area contributed by atoms with E-state index in [1.807, 2.05) is 6.07 Å². The van der Waals surface area contributed by atoms with Crippen LogP contribution in [0.1, 0.15) is 52.4 Å². The van der Waals surface area contributed by atoms with Gasteiger partial charge in [0, 0.05) is 17.4 Å². The summed E-state index contributed by atoms with van der Waals surface area (Å²) in [6.45, 7) is 5.01. The standard InChI is InChI=1S/C17H23ClN2/c1-15-6-12-7-16(2,9-15)11-17(8-12,10-15)20-13-3-4-19-14(18)5-13/h3-5,12H,6-11H2,1-2H3,(H,19,20). The van der Waals surface area contributed by atoms with Crippen molar-refractivity contribution in [3.63, 3.8) is 0 Å². The minimum absolute atomic E-state index is 0.285. The molecule has 108 valence electrons. The molecule has 2 atom stereocenters. The molecule has 4 fully saturated rings. The second-order valence-electron chi connectivity index (χ2n) is 8.40. The number of aromatic nitrogens is 1. The summed E-state index contributed by atoms with van der Waals surface area (Å²) in [6, 6.07) is 4.01. The summed E-state index contributed by atoms with van der Waals surface area (Å²) in [4.78, 5) is 4.09. The molecule has 0 amide bonds. The summed E-state index contributed by atoms with van der Waals surface area (Å²) >= 11 is 6.03. The second-order valence-corrected chi connectivity index (χ2v) is 8.79. The number of nitrogens with one attached hydrogen (secondary N) is 1. The predicted octanol–water partition coefficient (Wildman–Crippen LogP) is 4.90. The monoisotopic (exact) mass is 290 g/mol. The Hall–Kier alpha value is -0.760.